The minimum Gasteiger partial charge on any atom is -0.250 e. The van der Waals surface area contributed by atoms with E-state index in [4.69, 9.17) is 0 Å². The van der Waals surface area contributed by atoms with Gasteiger partial charge in [-0.25, -0.2) is 0 Å². The van der Waals surface area contributed by atoms with Crippen LogP contribution in [0, 0.1) is 5.92 Å². The van der Waals surface area contributed by atoms with Crippen molar-refractivity contribution in [3.8, 4) is 0 Å². The molecule has 0 N–H and O–H groups in total. The molecule has 14 heavy (non-hydrogen) atoms. The normalized spacial score (nSPS) is 19.0. The van der Waals surface area contributed by atoms with E-state index in [0.29, 0.717) is 5.92 Å². The van der Waals surface area contributed by atoms with Gasteiger partial charge >= 0.3 is 0 Å². The molecule has 2 heteroatoms. The average Bonchev–Trinajstić information content (AvgIpc) is 2.10. The van der Waals surface area contributed by atoms with Gasteiger partial charge in [0.2, 0.25) is 0 Å². The molecule has 1 atom stereocenters. The summed E-state index contributed by atoms with van der Waals surface area (Å²) in [5.41, 5.74) is 1.14. The highest BCUT2D eigenvalue weighted by atomic mass is 79.9. The van der Waals surface area contributed by atoms with Crippen LogP contribution < -0.4 is 0 Å². The van der Waals surface area contributed by atoms with Crippen LogP contribution in [0.1, 0.15) is 30.7 Å². The average molecular weight is 257 g/mol. The van der Waals surface area contributed by atoms with E-state index in [1.807, 2.05) is 24.3 Å². The molecule has 2 rings (SSSR count). The summed E-state index contributed by atoms with van der Waals surface area (Å²) >= 11 is 3.43. The first-order valence-electron chi connectivity index (χ1n) is 5.12. The molecule has 76 valence electrons. The van der Waals surface area contributed by atoms with Crippen LogP contribution >= 0.6 is 15.9 Å². The minimum atomic E-state index is -0.221. The van der Waals surface area contributed by atoms with Gasteiger partial charge in [-0.15, -0.1) is 0 Å². The van der Waals surface area contributed by atoms with Crippen molar-refractivity contribution in [2.24, 2.45) is 5.92 Å². The Balaban J connectivity index is 2.17. The van der Waals surface area contributed by atoms with Crippen molar-refractivity contribution in [1.82, 2.24) is 0 Å². The summed E-state index contributed by atoms with van der Waals surface area (Å²) in [6.45, 7) is -0.221. The molecular weight excluding hydrogens is 243 g/mol. The molecule has 0 nitrogen and oxygen atoms in total. The van der Waals surface area contributed by atoms with E-state index in [0.717, 1.165) is 10.0 Å². The third-order valence-corrected chi connectivity index (χ3v) is 3.66. The molecule has 1 aromatic carbocycles. The van der Waals surface area contributed by atoms with Gasteiger partial charge in [-0.1, -0.05) is 34.5 Å². The lowest BCUT2D eigenvalue weighted by molar-refractivity contribution is 0.227. The van der Waals surface area contributed by atoms with E-state index < -0.39 is 0 Å². The highest BCUT2D eigenvalue weighted by Gasteiger charge is 2.28. The van der Waals surface area contributed by atoms with E-state index >= 15 is 0 Å². The second kappa shape index (κ2) is 4.43. The molecule has 1 aliphatic carbocycles. The summed E-state index contributed by atoms with van der Waals surface area (Å²) < 4.78 is 14.0. The summed E-state index contributed by atoms with van der Waals surface area (Å²) in [6, 6.07) is 8.05. The van der Waals surface area contributed by atoms with Gasteiger partial charge < -0.3 is 0 Å². The Bertz CT molecular complexity index is 307. The van der Waals surface area contributed by atoms with Gasteiger partial charge in [-0.3, -0.25) is 4.39 Å². The zero-order valence-electron chi connectivity index (χ0n) is 8.05. The number of hydrogen-bond donors (Lipinski definition) is 0. The standard InChI is InChI=1S/C12H14BrF/c13-11-6-2-5-10(7-11)12(8-14)9-3-1-4-9/h2,5-7,9,12H,1,3-4,8H2. The molecule has 0 aliphatic heterocycles. The van der Waals surface area contributed by atoms with Crippen molar-refractivity contribution in [2.75, 3.05) is 6.67 Å². The molecule has 1 saturated carbocycles. The Labute approximate surface area is 92.6 Å². The first-order valence-corrected chi connectivity index (χ1v) is 5.92. The maximum atomic E-state index is 12.9. The molecule has 1 unspecified atom stereocenters. The fraction of sp³-hybridized carbons (Fsp3) is 0.500. The van der Waals surface area contributed by atoms with Gasteiger partial charge in [-0.2, -0.15) is 0 Å². The zero-order chi connectivity index (χ0) is 9.97. The molecule has 0 bridgehead atoms. The van der Waals surface area contributed by atoms with Crippen LogP contribution in [-0.4, -0.2) is 6.67 Å². The van der Waals surface area contributed by atoms with Crippen molar-refractivity contribution in [2.45, 2.75) is 25.2 Å². The van der Waals surface area contributed by atoms with Gasteiger partial charge in [0.05, 0.1) is 6.67 Å². The molecule has 1 aromatic rings. The van der Waals surface area contributed by atoms with E-state index in [-0.39, 0.29) is 12.6 Å². The smallest absolute Gasteiger partial charge is 0.0965 e. The fourth-order valence-corrected chi connectivity index (χ4v) is 2.48. The fourth-order valence-electron chi connectivity index (χ4n) is 2.07. The van der Waals surface area contributed by atoms with Crippen molar-refractivity contribution < 1.29 is 4.39 Å². The Kier molecular flexibility index (Phi) is 3.22. The SMILES string of the molecule is FCC(c1cccc(Br)c1)C1CCC1. The zero-order valence-corrected chi connectivity index (χ0v) is 9.63. The van der Waals surface area contributed by atoms with Gasteiger partial charge in [0.1, 0.15) is 0 Å². The third-order valence-electron chi connectivity index (χ3n) is 3.16. The number of rotatable bonds is 3. The second-order valence-electron chi connectivity index (χ2n) is 4.01. The van der Waals surface area contributed by atoms with Gasteiger partial charge in [0.25, 0.3) is 0 Å². The maximum absolute atomic E-state index is 12.9. The van der Waals surface area contributed by atoms with Crippen LogP contribution in [0.5, 0.6) is 0 Å². The lowest BCUT2D eigenvalue weighted by atomic mass is 9.73. The predicted molar refractivity (Wildman–Crippen MR) is 60.2 cm³/mol. The number of alkyl halides is 1. The highest BCUT2D eigenvalue weighted by Crippen LogP contribution is 2.39. The highest BCUT2D eigenvalue weighted by molar-refractivity contribution is 9.10. The predicted octanol–water partition coefficient (Wildman–Crippen LogP) is 4.30. The van der Waals surface area contributed by atoms with Crippen molar-refractivity contribution in [3.63, 3.8) is 0 Å². The van der Waals surface area contributed by atoms with Gasteiger partial charge in [-0.05, 0) is 36.5 Å². The van der Waals surface area contributed by atoms with E-state index in [2.05, 4.69) is 15.9 Å². The van der Waals surface area contributed by atoms with Crippen LogP contribution in [0.2, 0.25) is 0 Å². The van der Waals surface area contributed by atoms with Crippen LogP contribution in [0.15, 0.2) is 28.7 Å². The Hall–Kier alpha value is -0.370. The third kappa shape index (κ3) is 2.00. The summed E-state index contributed by atoms with van der Waals surface area (Å²) in [7, 11) is 0. The van der Waals surface area contributed by atoms with Gasteiger partial charge in [0.15, 0.2) is 0 Å². The molecule has 0 heterocycles. The number of hydrogen-bond acceptors (Lipinski definition) is 0. The van der Waals surface area contributed by atoms with Crippen LogP contribution in [0.25, 0.3) is 0 Å². The lowest BCUT2D eigenvalue weighted by Gasteiger charge is -2.32. The van der Waals surface area contributed by atoms with Crippen LogP contribution in [0.4, 0.5) is 4.39 Å². The van der Waals surface area contributed by atoms with Crippen LogP contribution in [-0.2, 0) is 0 Å². The number of halogens is 2. The maximum Gasteiger partial charge on any atom is 0.0965 e. The summed E-state index contributed by atoms with van der Waals surface area (Å²) in [5, 5.41) is 0. The summed E-state index contributed by atoms with van der Waals surface area (Å²) in [6.07, 6.45) is 3.66. The minimum absolute atomic E-state index is 0.126. The van der Waals surface area contributed by atoms with Crippen molar-refractivity contribution in [3.05, 3.63) is 34.3 Å². The Morgan fingerprint density at radius 2 is 2.21 bits per heavy atom. The molecule has 0 spiro atoms. The quantitative estimate of drug-likeness (QED) is 0.757. The summed E-state index contributed by atoms with van der Waals surface area (Å²) in [5.74, 6) is 0.704. The van der Waals surface area contributed by atoms with E-state index in [1.165, 1.54) is 19.3 Å². The van der Waals surface area contributed by atoms with Gasteiger partial charge in [0, 0.05) is 10.4 Å². The van der Waals surface area contributed by atoms with E-state index in [9.17, 15) is 4.39 Å². The van der Waals surface area contributed by atoms with Crippen LogP contribution in [0.3, 0.4) is 0 Å². The molecule has 1 fully saturated rings. The molecule has 1 aliphatic rings. The lowest BCUT2D eigenvalue weighted by Crippen LogP contribution is -2.21. The van der Waals surface area contributed by atoms with Crippen molar-refractivity contribution in [1.29, 1.82) is 0 Å². The molecule has 0 radical (unpaired) electrons. The van der Waals surface area contributed by atoms with Crippen molar-refractivity contribution >= 4 is 15.9 Å². The first kappa shape index (κ1) is 10.2. The monoisotopic (exact) mass is 256 g/mol. The first-order chi connectivity index (χ1) is 6.81. The molecular formula is C12H14BrF. The second-order valence-corrected chi connectivity index (χ2v) is 4.92. The Morgan fingerprint density at radius 1 is 1.43 bits per heavy atom. The molecule has 0 saturated heterocycles. The summed E-state index contributed by atoms with van der Waals surface area (Å²) in [4.78, 5) is 0. The molecule has 0 aromatic heterocycles. The number of benzene rings is 1. The van der Waals surface area contributed by atoms with E-state index in [1.54, 1.807) is 0 Å². The topological polar surface area (TPSA) is 0 Å². The molecule has 0 amide bonds. The largest absolute Gasteiger partial charge is 0.250 e. The Morgan fingerprint density at radius 3 is 2.71 bits per heavy atom.